The van der Waals surface area contributed by atoms with E-state index < -0.39 is 0 Å². The van der Waals surface area contributed by atoms with Crippen molar-refractivity contribution in [3.63, 3.8) is 0 Å². The molecule has 2 heterocycles. The average Bonchev–Trinajstić information content (AvgIpc) is 3.35. The van der Waals surface area contributed by atoms with Crippen LogP contribution < -0.4 is 15.4 Å². The molecule has 0 bridgehead atoms. The van der Waals surface area contributed by atoms with Gasteiger partial charge in [0.15, 0.2) is 17.5 Å². The zero-order valence-corrected chi connectivity index (χ0v) is 18.7. The minimum atomic E-state index is -0.376. The maximum Gasteiger partial charge on any atom is 0.236 e. The second-order valence-electron chi connectivity index (χ2n) is 5.79. The fraction of sp³-hybridized carbons (Fsp3) is 0.263. The predicted molar refractivity (Wildman–Crippen MR) is 120 cm³/mol. The van der Waals surface area contributed by atoms with Gasteiger partial charge in [0.2, 0.25) is 5.89 Å². The Labute approximate surface area is 184 Å². The van der Waals surface area contributed by atoms with Gasteiger partial charge >= 0.3 is 0 Å². The van der Waals surface area contributed by atoms with Gasteiger partial charge < -0.3 is 19.8 Å². The number of rotatable bonds is 7. The summed E-state index contributed by atoms with van der Waals surface area (Å²) in [6.45, 7) is 2.79. The maximum atomic E-state index is 13.6. The number of nitrogens with zero attached hydrogens (tertiary/aromatic N) is 2. The topological polar surface area (TPSA) is 71.7 Å². The molecule has 28 heavy (non-hydrogen) atoms. The maximum absolute atomic E-state index is 13.6. The van der Waals surface area contributed by atoms with Crippen molar-refractivity contribution in [2.45, 2.75) is 19.6 Å². The van der Waals surface area contributed by atoms with E-state index in [1.807, 2.05) is 24.4 Å². The van der Waals surface area contributed by atoms with Crippen LogP contribution in [0.15, 0.2) is 57.5 Å². The molecule has 9 heteroatoms. The van der Waals surface area contributed by atoms with Crippen LogP contribution in [0.25, 0.3) is 10.8 Å². The number of para-hydroxylation sites is 1. The quantitative estimate of drug-likeness (QED) is 0.279. The molecule has 1 atom stereocenters. The van der Waals surface area contributed by atoms with Crippen LogP contribution in [0.3, 0.4) is 0 Å². The number of halogens is 2. The summed E-state index contributed by atoms with van der Waals surface area (Å²) in [4.78, 5) is 9.61. The monoisotopic (exact) mass is 516 g/mol. The fourth-order valence-corrected chi connectivity index (χ4v) is 2.99. The highest BCUT2D eigenvalue weighted by Crippen LogP contribution is 2.23. The Morgan fingerprint density at radius 1 is 1.29 bits per heavy atom. The van der Waals surface area contributed by atoms with Crippen LogP contribution in [-0.2, 0) is 6.54 Å². The van der Waals surface area contributed by atoms with E-state index in [0.29, 0.717) is 24.9 Å². The molecule has 0 radical (unpaired) electrons. The minimum absolute atomic E-state index is 0. The molecule has 3 rings (SSSR count). The number of oxazole rings is 1. The first-order chi connectivity index (χ1) is 13.2. The highest BCUT2D eigenvalue weighted by Gasteiger charge is 2.10. The Kier molecular flexibility index (Phi) is 8.71. The molecule has 0 aliphatic rings. The summed E-state index contributed by atoms with van der Waals surface area (Å²) >= 11 is 1.58. The van der Waals surface area contributed by atoms with Crippen LogP contribution in [0.4, 0.5) is 4.39 Å². The molecule has 3 aromatic rings. The summed E-state index contributed by atoms with van der Waals surface area (Å²) in [5.41, 5.74) is 0.775. The van der Waals surface area contributed by atoms with E-state index in [0.717, 1.165) is 10.6 Å². The summed E-state index contributed by atoms with van der Waals surface area (Å²) in [6.07, 6.45) is 1.39. The smallest absolute Gasteiger partial charge is 0.236 e. The number of aliphatic imine (C=N–C) groups is 1. The van der Waals surface area contributed by atoms with Gasteiger partial charge in [-0.25, -0.2) is 9.37 Å². The van der Waals surface area contributed by atoms with E-state index in [-0.39, 0.29) is 41.6 Å². The molecule has 0 aliphatic carbocycles. The van der Waals surface area contributed by atoms with Gasteiger partial charge in [-0.2, -0.15) is 0 Å². The summed E-state index contributed by atoms with van der Waals surface area (Å²) in [5, 5.41) is 8.29. The van der Waals surface area contributed by atoms with E-state index in [1.54, 1.807) is 42.8 Å². The van der Waals surface area contributed by atoms with Crippen molar-refractivity contribution < 1.29 is 13.5 Å². The van der Waals surface area contributed by atoms with Crippen LogP contribution in [0, 0.1) is 5.82 Å². The predicted octanol–water partition coefficient (Wildman–Crippen LogP) is 4.29. The lowest BCUT2D eigenvalue weighted by molar-refractivity contribution is 0.214. The van der Waals surface area contributed by atoms with Gasteiger partial charge in [-0.1, -0.05) is 18.2 Å². The molecule has 0 amide bonds. The van der Waals surface area contributed by atoms with Crippen molar-refractivity contribution in [2.24, 2.45) is 4.99 Å². The number of hydrogen-bond donors (Lipinski definition) is 2. The van der Waals surface area contributed by atoms with E-state index >= 15 is 0 Å². The van der Waals surface area contributed by atoms with Gasteiger partial charge in [0.1, 0.15) is 12.4 Å². The molecule has 0 saturated carbocycles. The van der Waals surface area contributed by atoms with E-state index in [4.69, 9.17) is 9.15 Å². The molecule has 0 aliphatic heterocycles. The van der Waals surface area contributed by atoms with Crippen molar-refractivity contribution >= 4 is 41.3 Å². The largest absolute Gasteiger partial charge is 0.486 e. The number of benzene rings is 1. The van der Waals surface area contributed by atoms with Gasteiger partial charge in [0.05, 0.1) is 23.7 Å². The van der Waals surface area contributed by atoms with Gasteiger partial charge in [0, 0.05) is 7.05 Å². The second kappa shape index (κ2) is 11.0. The Morgan fingerprint density at radius 3 is 2.82 bits per heavy atom. The zero-order chi connectivity index (χ0) is 19.1. The number of ether oxygens (including phenoxy) is 1. The van der Waals surface area contributed by atoms with E-state index in [9.17, 15) is 4.39 Å². The lowest BCUT2D eigenvalue weighted by atomic mass is 10.3. The third-order valence-electron chi connectivity index (χ3n) is 3.67. The Bertz CT molecular complexity index is 886. The van der Waals surface area contributed by atoms with Crippen LogP contribution in [0.2, 0.25) is 0 Å². The van der Waals surface area contributed by atoms with Crippen molar-refractivity contribution in [2.75, 3.05) is 13.6 Å². The standard InChI is InChI=1S/C19H21FN4O2S.HI/c1-13(26-16-7-4-3-6-15(16)20)10-22-19(21-2)23-11-14-12-25-18(24-14)17-8-5-9-27-17;/h3-9,12-13H,10-11H2,1-2H3,(H2,21,22,23);1H. The molecule has 6 nitrogen and oxygen atoms in total. The molecular formula is C19H22FIN4O2S. The van der Waals surface area contributed by atoms with E-state index in [1.165, 1.54) is 6.07 Å². The van der Waals surface area contributed by atoms with E-state index in [2.05, 4.69) is 20.6 Å². The minimum Gasteiger partial charge on any atom is -0.486 e. The fourth-order valence-electron chi connectivity index (χ4n) is 2.34. The highest BCUT2D eigenvalue weighted by atomic mass is 127. The van der Waals surface area contributed by atoms with Crippen LogP contribution in [-0.4, -0.2) is 30.6 Å². The molecule has 1 aromatic carbocycles. The third-order valence-corrected chi connectivity index (χ3v) is 4.52. The molecule has 0 saturated heterocycles. The van der Waals surface area contributed by atoms with Gasteiger partial charge in [-0.05, 0) is 30.5 Å². The van der Waals surface area contributed by atoms with Crippen molar-refractivity contribution in [1.29, 1.82) is 0 Å². The second-order valence-corrected chi connectivity index (χ2v) is 6.73. The Morgan fingerprint density at radius 2 is 2.11 bits per heavy atom. The summed E-state index contributed by atoms with van der Waals surface area (Å²) in [7, 11) is 1.68. The molecule has 2 aromatic heterocycles. The summed E-state index contributed by atoms with van der Waals surface area (Å²) < 4.78 is 24.7. The molecular weight excluding hydrogens is 494 g/mol. The van der Waals surface area contributed by atoms with Gasteiger partial charge in [0.25, 0.3) is 0 Å². The van der Waals surface area contributed by atoms with Crippen LogP contribution in [0.1, 0.15) is 12.6 Å². The van der Waals surface area contributed by atoms with Gasteiger partial charge in [-0.15, -0.1) is 35.3 Å². The van der Waals surface area contributed by atoms with Crippen molar-refractivity contribution in [3.8, 4) is 16.5 Å². The first-order valence-electron chi connectivity index (χ1n) is 8.49. The highest BCUT2D eigenvalue weighted by molar-refractivity contribution is 14.0. The molecule has 0 spiro atoms. The first kappa shape index (κ1) is 22.2. The number of nitrogens with one attached hydrogen (secondary N) is 2. The number of guanidine groups is 1. The van der Waals surface area contributed by atoms with Crippen LogP contribution >= 0.6 is 35.3 Å². The third kappa shape index (κ3) is 6.20. The average molecular weight is 516 g/mol. The van der Waals surface area contributed by atoms with Crippen molar-refractivity contribution in [3.05, 3.63) is 59.6 Å². The molecule has 1 unspecified atom stereocenters. The SMILES string of the molecule is CN=C(NCc1coc(-c2cccs2)n1)NCC(C)Oc1ccccc1F.I. The molecule has 150 valence electrons. The van der Waals surface area contributed by atoms with Crippen LogP contribution in [0.5, 0.6) is 5.75 Å². The zero-order valence-electron chi connectivity index (χ0n) is 15.5. The Hall–Kier alpha value is -2.14. The summed E-state index contributed by atoms with van der Waals surface area (Å²) in [5.74, 6) is 1.06. The number of aromatic nitrogens is 1. The van der Waals surface area contributed by atoms with Crippen molar-refractivity contribution in [1.82, 2.24) is 15.6 Å². The summed E-state index contributed by atoms with van der Waals surface area (Å²) in [6, 6.07) is 10.3. The Balaban J connectivity index is 0.00000280. The first-order valence-corrected chi connectivity index (χ1v) is 9.37. The molecule has 0 fully saturated rings. The lowest BCUT2D eigenvalue weighted by Gasteiger charge is -2.17. The molecule has 2 N–H and O–H groups in total. The number of thiophene rings is 1. The normalized spacial score (nSPS) is 12.2. The number of hydrogen-bond acceptors (Lipinski definition) is 5. The van der Waals surface area contributed by atoms with Gasteiger partial charge in [-0.3, -0.25) is 4.99 Å². The lowest BCUT2D eigenvalue weighted by Crippen LogP contribution is -2.41.